The van der Waals surface area contributed by atoms with Crippen LogP contribution < -0.4 is 16.7 Å². The SMILES string of the molecule is CN(N)C=O.CN(N)c1c(F)ccc(C2CC2)c1SCc1ccco1. The second-order valence-corrected chi connectivity index (χ2v) is 6.82. The van der Waals surface area contributed by atoms with Crippen molar-refractivity contribution in [3.63, 3.8) is 0 Å². The highest BCUT2D eigenvalue weighted by molar-refractivity contribution is 7.98. The predicted molar refractivity (Wildman–Crippen MR) is 97.2 cm³/mol. The van der Waals surface area contributed by atoms with Crippen LogP contribution in [-0.4, -0.2) is 25.5 Å². The Kier molecular flexibility index (Phi) is 6.86. The molecule has 0 aliphatic heterocycles. The fourth-order valence-corrected chi connectivity index (χ4v) is 3.53. The molecule has 0 spiro atoms. The number of carbonyl (C=O) groups excluding carboxylic acids is 1. The van der Waals surface area contributed by atoms with Crippen LogP contribution in [0.3, 0.4) is 0 Å². The van der Waals surface area contributed by atoms with Crippen molar-refractivity contribution in [1.29, 1.82) is 0 Å². The molecule has 1 aliphatic carbocycles. The van der Waals surface area contributed by atoms with Crippen LogP contribution in [0.5, 0.6) is 0 Å². The summed E-state index contributed by atoms with van der Waals surface area (Å²) in [7, 11) is 3.14. The maximum atomic E-state index is 14.1. The Morgan fingerprint density at radius 3 is 2.48 bits per heavy atom. The topological polar surface area (TPSA) is 88.7 Å². The van der Waals surface area contributed by atoms with Gasteiger partial charge in [-0.2, -0.15) is 0 Å². The van der Waals surface area contributed by atoms with Crippen molar-refractivity contribution >= 4 is 23.9 Å². The molecule has 0 saturated heterocycles. The number of hydrazine groups is 2. The van der Waals surface area contributed by atoms with E-state index < -0.39 is 0 Å². The lowest BCUT2D eigenvalue weighted by Crippen LogP contribution is -2.27. The molecule has 1 aliphatic rings. The number of amides is 1. The van der Waals surface area contributed by atoms with E-state index >= 15 is 0 Å². The van der Waals surface area contributed by atoms with Gasteiger partial charge in [0.15, 0.2) is 0 Å². The van der Waals surface area contributed by atoms with E-state index in [0.29, 0.717) is 23.8 Å². The summed E-state index contributed by atoms with van der Waals surface area (Å²) in [6, 6.07) is 7.20. The van der Waals surface area contributed by atoms with Crippen molar-refractivity contribution in [3.8, 4) is 0 Å². The summed E-state index contributed by atoms with van der Waals surface area (Å²) in [5.41, 5.74) is 1.68. The smallest absolute Gasteiger partial charge is 0.223 e. The van der Waals surface area contributed by atoms with Gasteiger partial charge in [-0.15, -0.1) is 11.8 Å². The molecule has 0 radical (unpaired) electrons. The summed E-state index contributed by atoms with van der Waals surface area (Å²) in [5.74, 6) is 12.4. The highest BCUT2D eigenvalue weighted by Crippen LogP contribution is 2.48. The number of nitrogens with zero attached hydrogens (tertiary/aromatic N) is 2. The third kappa shape index (κ3) is 5.48. The van der Waals surface area contributed by atoms with E-state index in [1.807, 2.05) is 18.2 Å². The third-order valence-electron chi connectivity index (χ3n) is 3.59. The Morgan fingerprint density at radius 1 is 1.32 bits per heavy atom. The van der Waals surface area contributed by atoms with Gasteiger partial charge in [0.1, 0.15) is 17.3 Å². The molecule has 3 rings (SSSR count). The number of carbonyl (C=O) groups is 1. The van der Waals surface area contributed by atoms with Crippen LogP contribution in [0.2, 0.25) is 0 Å². The third-order valence-corrected chi connectivity index (χ3v) is 4.73. The van der Waals surface area contributed by atoms with Crippen LogP contribution in [-0.2, 0) is 10.5 Å². The molecule has 136 valence electrons. The molecule has 1 amide bonds. The number of anilines is 1. The van der Waals surface area contributed by atoms with Crippen molar-refractivity contribution in [2.75, 3.05) is 19.1 Å². The van der Waals surface area contributed by atoms with E-state index in [9.17, 15) is 9.18 Å². The first-order valence-corrected chi connectivity index (χ1v) is 8.81. The average Bonchev–Trinajstić information content (AvgIpc) is 3.28. The van der Waals surface area contributed by atoms with Crippen LogP contribution in [0.4, 0.5) is 10.1 Å². The van der Waals surface area contributed by atoms with Gasteiger partial charge < -0.3 is 9.43 Å². The van der Waals surface area contributed by atoms with E-state index in [4.69, 9.17) is 16.1 Å². The lowest BCUT2D eigenvalue weighted by atomic mass is 10.1. The fourth-order valence-electron chi connectivity index (χ4n) is 2.30. The molecule has 1 saturated carbocycles. The molecule has 1 heterocycles. The lowest BCUT2D eigenvalue weighted by molar-refractivity contribution is -0.117. The standard InChI is InChI=1S/C15H17FN2OS.C2H6N2O/c1-18(17)14-13(16)7-6-12(10-4-5-10)15(14)20-9-11-3-2-8-19-11;1-4(3)2-5/h2-3,6-8,10H,4-5,9,17H2,1H3;2H,3H2,1H3. The van der Waals surface area contributed by atoms with Crippen molar-refractivity contribution in [3.05, 3.63) is 47.7 Å². The molecule has 6 nitrogen and oxygen atoms in total. The number of benzene rings is 1. The minimum Gasteiger partial charge on any atom is -0.468 e. The largest absolute Gasteiger partial charge is 0.468 e. The van der Waals surface area contributed by atoms with Gasteiger partial charge in [-0.25, -0.2) is 16.1 Å². The number of hydrogen-bond donors (Lipinski definition) is 2. The minimum atomic E-state index is -0.277. The first-order valence-electron chi connectivity index (χ1n) is 7.82. The highest BCUT2D eigenvalue weighted by atomic mass is 32.2. The van der Waals surface area contributed by atoms with E-state index in [1.54, 1.807) is 25.1 Å². The van der Waals surface area contributed by atoms with Gasteiger partial charge in [0.25, 0.3) is 0 Å². The lowest BCUT2D eigenvalue weighted by Gasteiger charge is -2.20. The molecular formula is C17H23FN4O2S. The summed E-state index contributed by atoms with van der Waals surface area (Å²) in [4.78, 5) is 10.2. The molecule has 1 fully saturated rings. The molecular weight excluding hydrogens is 343 g/mol. The quantitative estimate of drug-likeness (QED) is 0.269. The van der Waals surface area contributed by atoms with E-state index in [1.165, 1.54) is 36.5 Å². The Morgan fingerprint density at radius 2 is 2.00 bits per heavy atom. The zero-order chi connectivity index (χ0) is 18.4. The maximum Gasteiger partial charge on any atom is 0.223 e. The molecule has 4 N–H and O–H groups in total. The molecule has 1 aromatic heterocycles. The van der Waals surface area contributed by atoms with Crippen LogP contribution in [0.15, 0.2) is 39.8 Å². The van der Waals surface area contributed by atoms with Crippen molar-refractivity contribution < 1.29 is 13.6 Å². The van der Waals surface area contributed by atoms with Crippen LogP contribution >= 0.6 is 11.8 Å². The zero-order valence-electron chi connectivity index (χ0n) is 14.3. The number of rotatable bonds is 6. The fraction of sp³-hybridized carbons (Fsp3) is 0.353. The molecule has 8 heteroatoms. The number of nitrogens with two attached hydrogens (primary N) is 2. The average molecular weight is 366 g/mol. The van der Waals surface area contributed by atoms with Gasteiger partial charge in [-0.3, -0.25) is 9.80 Å². The van der Waals surface area contributed by atoms with Gasteiger partial charge in [-0.1, -0.05) is 6.07 Å². The molecule has 0 unspecified atom stereocenters. The molecule has 0 atom stereocenters. The van der Waals surface area contributed by atoms with E-state index in [0.717, 1.165) is 15.7 Å². The van der Waals surface area contributed by atoms with Crippen LogP contribution in [0, 0.1) is 5.82 Å². The van der Waals surface area contributed by atoms with Gasteiger partial charge in [0.05, 0.1) is 12.0 Å². The number of thioether (sulfide) groups is 1. The Labute approximate surface area is 150 Å². The van der Waals surface area contributed by atoms with Gasteiger partial charge in [-0.05, 0) is 42.5 Å². The molecule has 2 aromatic rings. The highest BCUT2D eigenvalue weighted by Gasteiger charge is 2.29. The van der Waals surface area contributed by atoms with Crippen molar-refractivity contribution in [1.82, 2.24) is 5.01 Å². The Balaban J connectivity index is 0.000000399. The second-order valence-electron chi connectivity index (χ2n) is 5.84. The number of hydrogen-bond acceptors (Lipinski definition) is 6. The van der Waals surface area contributed by atoms with Crippen LogP contribution in [0.1, 0.15) is 30.1 Å². The van der Waals surface area contributed by atoms with Crippen molar-refractivity contribution in [2.45, 2.75) is 29.4 Å². The van der Waals surface area contributed by atoms with Crippen molar-refractivity contribution in [2.24, 2.45) is 11.7 Å². The predicted octanol–water partition coefficient (Wildman–Crippen LogP) is 2.85. The van der Waals surface area contributed by atoms with Gasteiger partial charge in [0.2, 0.25) is 6.41 Å². The zero-order valence-corrected chi connectivity index (χ0v) is 15.1. The first-order chi connectivity index (χ1) is 11.9. The summed E-state index contributed by atoms with van der Waals surface area (Å²) >= 11 is 1.59. The van der Waals surface area contributed by atoms with Gasteiger partial charge >= 0.3 is 0 Å². The number of furan rings is 1. The minimum absolute atomic E-state index is 0.277. The number of halogens is 1. The molecule has 1 aromatic carbocycles. The molecule has 0 bridgehead atoms. The summed E-state index contributed by atoms with van der Waals surface area (Å²) in [5, 5.41) is 2.31. The van der Waals surface area contributed by atoms with E-state index in [-0.39, 0.29) is 5.82 Å². The maximum absolute atomic E-state index is 14.1. The van der Waals surface area contributed by atoms with Crippen LogP contribution in [0.25, 0.3) is 0 Å². The monoisotopic (exact) mass is 366 g/mol. The summed E-state index contributed by atoms with van der Waals surface area (Å²) in [6.45, 7) is 0. The summed E-state index contributed by atoms with van der Waals surface area (Å²) in [6.07, 6.45) is 4.53. The van der Waals surface area contributed by atoms with E-state index in [2.05, 4.69) is 0 Å². The second kappa shape index (κ2) is 8.89. The Hall–Kier alpha value is -2.03. The Bertz CT molecular complexity index is 688. The first kappa shape index (κ1) is 19.3. The summed E-state index contributed by atoms with van der Waals surface area (Å²) < 4.78 is 19.4. The van der Waals surface area contributed by atoms with Gasteiger partial charge in [0, 0.05) is 19.0 Å². The normalized spacial score (nSPS) is 13.0. The molecule has 25 heavy (non-hydrogen) atoms.